The Morgan fingerprint density at radius 2 is 1.72 bits per heavy atom. The molecule has 3 aromatic heterocycles. The van der Waals surface area contributed by atoms with Crippen molar-refractivity contribution < 1.29 is 31.9 Å². The molecule has 18 nitrogen and oxygen atoms in total. The third-order valence-corrected chi connectivity index (χ3v) is 18.4. The first-order chi connectivity index (χ1) is 37.1. The number of H-pyrrole nitrogens is 1. The zero-order valence-electron chi connectivity index (χ0n) is 46.0. The Morgan fingerprint density at radius 3 is 2.45 bits per heavy atom. The molecule has 2 atom stereocenters. The highest BCUT2D eigenvalue weighted by atomic mass is 32.2. The zero-order chi connectivity index (χ0) is 55.3. The topological polar surface area (TPSA) is 202 Å². The summed E-state index contributed by atoms with van der Waals surface area (Å²) < 4.78 is 46.8. The van der Waals surface area contributed by atoms with Gasteiger partial charge in [-0.2, -0.15) is 5.10 Å². The van der Waals surface area contributed by atoms with Gasteiger partial charge in [0.25, 0.3) is 11.8 Å². The molecular weight excluding hydrogens is 1010 g/mol. The molecule has 3 N–H and O–H groups in total. The van der Waals surface area contributed by atoms with Crippen LogP contribution in [-0.4, -0.2) is 160 Å². The number of piperazine rings is 2. The predicted molar refractivity (Wildman–Crippen MR) is 298 cm³/mol. The second-order valence-electron chi connectivity index (χ2n) is 23.1. The number of pyridine rings is 1. The second-order valence-corrected chi connectivity index (χ2v) is 25.8. The number of ether oxygens (including phenoxy) is 1. The maximum Gasteiger partial charge on any atom is 0.254 e. The largest absolute Gasteiger partial charge is 0.492 e. The van der Waals surface area contributed by atoms with Crippen molar-refractivity contribution in [3.8, 4) is 5.75 Å². The fourth-order valence-corrected chi connectivity index (χ4v) is 12.4. The third kappa shape index (κ3) is 11.2. The van der Waals surface area contributed by atoms with Crippen molar-refractivity contribution in [3.63, 3.8) is 0 Å². The summed E-state index contributed by atoms with van der Waals surface area (Å²) >= 11 is 0. The van der Waals surface area contributed by atoms with Gasteiger partial charge in [0.1, 0.15) is 34.4 Å². The molecule has 20 heteroatoms. The summed E-state index contributed by atoms with van der Waals surface area (Å²) in [7, 11) is -3.85. The average molecular weight is 1080 g/mol. The van der Waals surface area contributed by atoms with E-state index in [-0.39, 0.29) is 64.8 Å². The molecule has 6 aromatic rings. The van der Waals surface area contributed by atoms with E-state index in [4.69, 9.17) is 9.72 Å². The summed E-state index contributed by atoms with van der Waals surface area (Å²) in [6, 6.07) is 17.5. The van der Waals surface area contributed by atoms with Crippen LogP contribution in [0.25, 0.3) is 10.9 Å². The molecule has 412 valence electrons. The number of carbonyl (C=O) groups is 3. The van der Waals surface area contributed by atoms with Crippen LogP contribution in [0, 0.1) is 19.7 Å². The molecule has 2 saturated heterocycles. The van der Waals surface area contributed by atoms with Crippen LogP contribution < -0.4 is 20.3 Å². The average Bonchev–Trinajstić information content (AvgIpc) is 4.02. The molecule has 10 rings (SSSR count). The van der Waals surface area contributed by atoms with Crippen molar-refractivity contribution in [1.82, 2.24) is 50.1 Å². The minimum Gasteiger partial charge on any atom is -0.492 e. The van der Waals surface area contributed by atoms with E-state index >= 15 is 0 Å². The van der Waals surface area contributed by atoms with Gasteiger partial charge in [0.2, 0.25) is 5.91 Å². The summed E-state index contributed by atoms with van der Waals surface area (Å²) in [5.74, 6) is 0.858. The number of benzene rings is 3. The van der Waals surface area contributed by atoms with E-state index < -0.39 is 14.6 Å². The van der Waals surface area contributed by atoms with Crippen LogP contribution in [0.5, 0.6) is 5.75 Å². The van der Waals surface area contributed by atoms with E-state index in [0.29, 0.717) is 118 Å². The van der Waals surface area contributed by atoms with Crippen molar-refractivity contribution in [1.29, 1.82) is 0 Å². The van der Waals surface area contributed by atoms with Gasteiger partial charge in [-0.1, -0.05) is 32.0 Å². The monoisotopic (exact) mass is 1080 g/mol. The number of hydrogen-bond donors (Lipinski definition) is 3. The molecule has 4 aliphatic heterocycles. The molecule has 0 spiro atoms. The molecule has 0 saturated carbocycles. The molecule has 2 fully saturated rings. The maximum atomic E-state index is 14.3. The Hall–Kier alpha value is -6.87. The van der Waals surface area contributed by atoms with Crippen LogP contribution in [0.1, 0.15) is 109 Å². The standard InChI is InChI=1S/C58H71FN12O6S/c1-36-31-70(33-51(72)71-34-58(7,8)52-48(71)25-40(29-61-52)24-39-10-14-43(59)15-11-39)44(30-60-36)16-18-69-32-42-13-12-41(26-45(42)56(69)74)55(73)68-21-19-67(20-22-68)17-9-23-77-49-28-47-46(27-50(49)78(75,76)57(4,5)6)54(63-35-62-47)64-53-37(2)38(3)65-66-53/h10-15,25-29,35-36,44,60H,9,16-24,30-34H2,1-8H3,(H2,62,63,64,65,66)/t36-,44-/m1/s1. The highest BCUT2D eigenvalue weighted by Crippen LogP contribution is 2.41. The summed E-state index contributed by atoms with van der Waals surface area (Å²) in [4.78, 5) is 66.1. The zero-order valence-corrected chi connectivity index (χ0v) is 46.8. The molecule has 3 amide bonds. The molecule has 7 heterocycles. The lowest BCUT2D eigenvalue weighted by atomic mass is 9.91. The van der Waals surface area contributed by atoms with Gasteiger partial charge < -0.3 is 30.1 Å². The number of aromatic amines is 1. The number of amides is 3. The number of rotatable bonds is 16. The first-order valence-corrected chi connectivity index (χ1v) is 28.5. The van der Waals surface area contributed by atoms with E-state index in [1.54, 1.807) is 51.1 Å². The molecule has 3 aromatic carbocycles. The van der Waals surface area contributed by atoms with Crippen molar-refractivity contribution in [2.75, 3.05) is 82.3 Å². The van der Waals surface area contributed by atoms with Crippen LogP contribution in [0.2, 0.25) is 0 Å². The van der Waals surface area contributed by atoms with Gasteiger partial charge in [-0.05, 0) is 114 Å². The minimum atomic E-state index is -3.85. The normalized spacial score (nSPS) is 18.9. The molecular formula is C58H71FN12O6S. The van der Waals surface area contributed by atoms with E-state index in [1.165, 1.54) is 18.5 Å². The number of fused-ring (bicyclic) bond motifs is 3. The summed E-state index contributed by atoms with van der Waals surface area (Å²) in [6.45, 7) is 21.6. The van der Waals surface area contributed by atoms with Crippen molar-refractivity contribution >= 4 is 55.8 Å². The number of anilines is 3. The number of hydrogen-bond acceptors (Lipinski definition) is 14. The van der Waals surface area contributed by atoms with Gasteiger partial charge in [0.05, 0.1) is 40.5 Å². The second kappa shape index (κ2) is 21.8. The van der Waals surface area contributed by atoms with Gasteiger partial charge in [0, 0.05) is 117 Å². The third-order valence-electron chi connectivity index (χ3n) is 15.9. The molecule has 78 heavy (non-hydrogen) atoms. The smallest absolute Gasteiger partial charge is 0.254 e. The van der Waals surface area contributed by atoms with Crippen LogP contribution in [0.3, 0.4) is 0 Å². The first-order valence-electron chi connectivity index (χ1n) is 27.0. The number of aryl methyl sites for hydroxylation is 1. The van der Waals surface area contributed by atoms with E-state index in [2.05, 4.69) is 67.4 Å². The number of nitrogens with zero attached hydrogens (tertiary/aromatic N) is 9. The summed E-state index contributed by atoms with van der Waals surface area (Å²) in [6.07, 6.45) is 5.16. The van der Waals surface area contributed by atoms with Crippen molar-refractivity contribution in [3.05, 3.63) is 124 Å². The highest BCUT2D eigenvalue weighted by Gasteiger charge is 2.41. The van der Waals surface area contributed by atoms with Crippen LogP contribution in [0.15, 0.2) is 78.1 Å². The number of aromatic nitrogens is 5. The van der Waals surface area contributed by atoms with Gasteiger partial charge in [-0.3, -0.25) is 34.3 Å². The van der Waals surface area contributed by atoms with Gasteiger partial charge in [0.15, 0.2) is 9.84 Å². The number of halogens is 1. The lowest BCUT2D eigenvalue weighted by Gasteiger charge is -2.40. The Labute approximate surface area is 456 Å². The summed E-state index contributed by atoms with van der Waals surface area (Å²) in [5.41, 5.74) is 7.54. The molecule has 0 aliphatic carbocycles. The minimum absolute atomic E-state index is 0.00997. The van der Waals surface area contributed by atoms with Gasteiger partial charge in [-0.15, -0.1) is 0 Å². The number of carbonyl (C=O) groups excluding carboxylic acids is 3. The Bertz CT molecular complexity index is 3370. The quantitative estimate of drug-likeness (QED) is 0.0839. The Morgan fingerprint density at radius 1 is 0.949 bits per heavy atom. The van der Waals surface area contributed by atoms with E-state index in [9.17, 15) is 27.2 Å². The Kier molecular flexibility index (Phi) is 15.2. The SMILES string of the molecule is Cc1n[nH]c(Nc2ncnc3cc(OCCCN4CCN(C(=O)c5ccc6c(c5)C(=O)N(CC[C@@H]5CN[C@H](C)CN5CC(=O)N5CC(C)(C)c7ncc(Cc8ccc(F)cc8)cc75)C6)CC4)c(S(=O)(=O)C(C)(C)C)cc23)c1C. The maximum absolute atomic E-state index is 14.3. The van der Waals surface area contributed by atoms with Gasteiger partial charge >= 0.3 is 0 Å². The lowest BCUT2D eigenvalue weighted by Crippen LogP contribution is -2.58. The van der Waals surface area contributed by atoms with Crippen LogP contribution in [0.4, 0.5) is 21.7 Å². The van der Waals surface area contributed by atoms with Crippen molar-refractivity contribution in [2.24, 2.45) is 0 Å². The molecule has 4 aliphatic rings. The van der Waals surface area contributed by atoms with Gasteiger partial charge in [-0.25, -0.2) is 22.8 Å². The van der Waals surface area contributed by atoms with Crippen molar-refractivity contribution in [2.45, 2.75) is 108 Å². The van der Waals surface area contributed by atoms with Crippen LogP contribution in [-0.2, 0) is 33.0 Å². The fourth-order valence-electron chi connectivity index (χ4n) is 11.1. The molecule has 0 unspecified atom stereocenters. The van der Waals surface area contributed by atoms with E-state index in [1.807, 2.05) is 46.9 Å². The highest BCUT2D eigenvalue weighted by molar-refractivity contribution is 7.92. The Balaban J connectivity index is 0.715. The van der Waals surface area contributed by atoms with E-state index in [0.717, 1.165) is 39.3 Å². The predicted octanol–water partition coefficient (Wildman–Crippen LogP) is 6.97. The fraction of sp³-hybridized carbons (Fsp3) is 0.466. The number of nitrogens with one attached hydrogen (secondary N) is 3. The number of sulfone groups is 1. The first kappa shape index (κ1) is 54.5. The lowest BCUT2D eigenvalue weighted by molar-refractivity contribution is -0.120. The summed E-state index contributed by atoms with van der Waals surface area (Å²) in [5, 5.41) is 14.6. The molecule has 0 bridgehead atoms. The van der Waals surface area contributed by atoms with Crippen LogP contribution >= 0.6 is 0 Å². The molecule has 0 radical (unpaired) electrons.